The molecule has 0 spiro atoms. The molecule has 1 aliphatic rings. The summed E-state index contributed by atoms with van der Waals surface area (Å²) in [5, 5.41) is 1.75. The molecule has 1 aliphatic heterocycles. The molecular weight excluding hydrogens is 390 g/mol. The van der Waals surface area contributed by atoms with Gasteiger partial charge < -0.3 is 4.74 Å². The third kappa shape index (κ3) is 5.13. The summed E-state index contributed by atoms with van der Waals surface area (Å²) in [5.74, 6) is -0.966. The lowest BCUT2D eigenvalue weighted by Gasteiger charge is -2.12. The van der Waals surface area contributed by atoms with E-state index >= 15 is 0 Å². The van der Waals surface area contributed by atoms with Crippen LogP contribution in [0.1, 0.15) is 32.9 Å². The largest absolute Gasteiger partial charge is 0.377 e. The highest BCUT2D eigenvalue weighted by atomic mass is 32.2. The number of sulfonamides is 1. The normalized spacial score (nSPS) is 16.8. The van der Waals surface area contributed by atoms with Crippen LogP contribution >= 0.6 is 11.3 Å². The van der Waals surface area contributed by atoms with Gasteiger partial charge in [-0.25, -0.2) is 13.1 Å². The van der Waals surface area contributed by atoms with Crippen molar-refractivity contribution in [3.8, 4) is 0 Å². The van der Waals surface area contributed by atoms with Crippen molar-refractivity contribution in [3.05, 3.63) is 52.2 Å². The van der Waals surface area contributed by atoms with Gasteiger partial charge in [0.15, 0.2) is 0 Å². The Morgan fingerprint density at radius 1 is 1.11 bits per heavy atom. The molecule has 1 unspecified atom stereocenters. The summed E-state index contributed by atoms with van der Waals surface area (Å²) in [6.45, 7) is 0.874. The first-order valence-electron chi connectivity index (χ1n) is 8.31. The lowest BCUT2D eigenvalue weighted by Crippen LogP contribution is -2.41. The van der Waals surface area contributed by atoms with Gasteiger partial charge in [0.1, 0.15) is 0 Å². The van der Waals surface area contributed by atoms with Crippen LogP contribution in [0.2, 0.25) is 0 Å². The predicted molar refractivity (Wildman–Crippen MR) is 99.9 cm³/mol. The van der Waals surface area contributed by atoms with Gasteiger partial charge in [0.2, 0.25) is 10.0 Å². The van der Waals surface area contributed by atoms with E-state index in [-0.39, 0.29) is 23.1 Å². The van der Waals surface area contributed by atoms with Crippen molar-refractivity contribution in [1.82, 2.24) is 15.6 Å². The highest BCUT2D eigenvalue weighted by Crippen LogP contribution is 2.14. The van der Waals surface area contributed by atoms with Crippen molar-refractivity contribution >= 4 is 33.2 Å². The molecule has 8 nitrogen and oxygen atoms in total. The number of nitrogens with one attached hydrogen (secondary N) is 3. The van der Waals surface area contributed by atoms with E-state index in [0.717, 1.165) is 12.8 Å². The van der Waals surface area contributed by atoms with E-state index < -0.39 is 21.8 Å². The minimum Gasteiger partial charge on any atom is -0.377 e. The Morgan fingerprint density at radius 3 is 2.48 bits per heavy atom. The van der Waals surface area contributed by atoms with Crippen molar-refractivity contribution in [1.29, 1.82) is 0 Å². The fourth-order valence-electron chi connectivity index (χ4n) is 2.53. The molecule has 1 saturated heterocycles. The van der Waals surface area contributed by atoms with E-state index in [9.17, 15) is 18.0 Å². The van der Waals surface area contributed by atoms with Crippen LogP contribution in [0.5, 0.6) is 0 Å². The Labute approximate surface area is 160 Å². The molecule has 2 heterocycles. The van der Waals surface area contributed by atoms with Crippen LogP contribution in [0.25, 0.3) is 0 Å². The fourth-order valence-corrected chi connectivity index (χ4v) is 4.22. The number of ether oxygens (including phenoxy) is 1. The lowest BCUT2D eigenvalue weighted by molar-refractivity contribution is 0.0849. The predicted octanol–water partition coefficient (Wildman–Crippen LogP) is 1.28. The summed E-state index contributed by atoms with van der Waals surface area (Å²) in [5.41, 5.74) is 4.82. The van der Waals surface area contributed by atoms with E-state index in [1.54, 1.807) is 17.5 Å². The number of carbonyl (C=O) groups excluding carboxylic acids is 2. The summed E-state index contributed by atoms with van der Waals surface area (Å²) in [6.07, 6.45) is 1.66. The monoisotopic (exact) mass is 409 g/mol. The topological polar surface area (TPSA) is 114 Å². The van der Waals surface area contributed by atoms with Gasteiger partial charge in [0.05, 0.1) is 15.9 Å². The quantitative estimate of drug-likeness (QED) is 0.622. The van der Waals surface area contributed by atoms with E-state index in [1.807, 2.05) is 0 Å². The second-order valence-electron chi connectivity index (χ2n) is 5.90. The summed E-state index contributed by atoms with van der Waals surface area (Å²) >= 11 is 1.25. The van der Waals surface area contributed by atoms with Gasteiger partial charge in [-0.2, -0.15) is 0 Å². The molecule has 3 N–H and O–H groups in total. The highest BCUT2D eigenvalue weighted by Gasteiger charge is 2.20. The van der Waals surface area contributed by atoms with Gasteiger partial charge in [-0.3, -0.25) is 20.4 Å². The molecule has 10 heteroatoms. The van der Waals surface area contributed by atoms with E-state index in [4.69, 9.17) is 4.74 Å². The molecule has 0 aliphatic carbocycles. The van der Waals surface area contributed by atoms with Crippen LogP contribution in [-0.2, 0) is 14.8 Å². The molecular formula is C17H19N3O5S2. The average molecular weight is 409 g/mol. The first kappa shape index (κ1) is 19.5. The van der Waals surface area contributed by atoms with E-state index in [2.05, 4.69) is 15.6 Å². The molecule has 2 aromatic rings. The molecule has 144 valence electrons. The Morgan fingerprint density at radius 2 is 1.85 bits per heavy atom. The summed E-state index contributed by atoms with van der Waals surface area (Å²) < 4.78 is 32.5. The molecule has 3 rings (SSSR count). The van der Waals surface area contributed by atoms with Gasteiger partial charge in [-0.15, -0.1) is 11.3 Å². The Bertz CT molecular complexity index is 889. The van der Waals surface area contributed by atoms with Crippen molar-refractivity contribution in [2.75, 3.05) is 13.2 Å². The smallest absolute Gasteiger partial charge is 0.279 e. The molecule has 1 fully saturated rings. The Balaban J connectivity index is 1.55. The highest BCUT2D eigenvalue weighted by molar-refractivity contribution is 7.89. The number of thiophene rings is 1. The zero-order valence-electron chi connectivity index (χ0n) is 14.3. The standard InChI is InChI=1S/C17H19N3O5S2/c21-16(19-20-17(22)15-4-2-10-26-15)12-5-7-14(8-6-12)27(23,24)18-11-13-3-1-9-25-13/h2,4-8,10,13,18H,1,3,9,11H2,(H,19,21)(H,20,22). The SMILES string of the molecule is O=C(NNC(=O)c1cccs1)c1ccc(S(=O)(=O)NCC2CCCO2)cc1. The van der Waals surface area contributed by atoms with Crippen LogP contribution in [0.15, 0.2) is 46.7 Å². The number of benzene rings is 1. The molecule has 1 aromatic heterocycles. The maximum atomic E-state index is 12.3. The number of amides is 2. The van der Waals surface area contributed by atoms with Gasteiger partial charge >= 0.3 is 0 Å². The minimum atomic E-state index is -3.68. The number of hydrogen-bond donors (Lipinski definition) is 3. The van der Waals surface area contributed by atoms with Crippen molar-refractivity contribution < 1.29 is 22.7 Å². The van der Waals surface area contributed by atoms with Crippen LogP contribution in [0.4, 0.5) is 0 Å². The number of rotatable bonds is 6. The summed E-state index contributed by atoms with van der Waals surface area (Å²) in [6, 6.07) is 8.81. The molecule has 1 aromatic carbocycles. The molecule has 0 radical (unpaired) electrons. The Kier molecular flexibility index (Phi) is 6.22. The number of carbonyl (C=O) groups is 2. The average Bonchev–Trinajstić information content (AvgIpc) is 3.38. The first-order chi connectivity index (χ1) is 13.0. The zero-order chi connectivity index (χ0) is 19.3. The third-order valence-electron chi connectivity index (χ3n) is 3.99. The van der Waals surface area contributed by atoms with Gasteiger partial charge in [0, 0.05) is 18.7 Å². The molecule has 0 saturated carbocycles. The summed E-state index contributed by atoms with van der Waals surface area (Å²) in [4.78, 5) is 24.4. The van der Waals surface area contributed by atoms with Crippen molar-refractivity contribution in [2.45, 2.75) is 23.8 Å². The minimum absolute atomic E-state index is 0.0552. The molecule has 27 heavy (non-hydrogen) atoms. The van der Waals surface area contributed by atoms with Crippen LogP contribution in [0.3, 0.4) is 0 Å². The maximum Gasteiger partial charge on any atom is 0.279 e. The zero-order valence-corrected chi connectivity index (χ0v) is 15.9. The first-order valence-corrected chi connectivity index (χ1v) is 10.7. The van der Waals surface area contributed by atoms with Gasteiger partial charge in [-0.05, 0) is 48.6 Å². The Hall–Kier alpha value is -2.27. The number of hydrazine groups is 1. The second kappa shape index (κ2) is 8.61. The maximum absolute atomic E-state index is 12.3. The fraction of sp³-hybridized carbons (Fsp3) is 0.294. The number of hydrogen-bond acceptors (Lipinski definition) is 6. The van der Waals surface area contributed by atoms with Crippen LogP contribution in [-0.4, -0.2) is 39.5 Å². The third-order valence-corrected chi connectivity index (χ3v) is 6.29. The van der Waals surface area contributed by atoms with Crippen LogP contribution < -0.4 is 15.6 Å². The van der Waals surface area contributed by atoms with Crippen molar-refractivity contribution in [3.63, 3.8) is 0 Å². The van der Waals surface area contributed by atoms with E-state index in [0.29, 0.717) is 11.5 Å². The van der Waals surface area contributed by atoms with Gasteiger partial charge in [-0.1, -0.05) is 6.07 Å². The lowest BCUT2D eigenvalue weighted by atomic mass is 10.2. The van der Waals surface area contributed by atoms with E-state index in [1.165, 1.54) is 35.6 Å². The van der Waals surface area contributed by atoms with Crippen LogP contribution in [0, 0.1) is 0 Å². The van der Waals surface area contributed by atoms with Gasteiger partial charge in [0.25, 0.3) is 11.8 Å². The molecule has 0 bridgehead atoms. The van der Waals surface area contributed by atoms with Crippen molar-refractivity contribution in [2.24, 2.45) is 0 Å². The molecule has 1 atom stereocenters. The summed E-state index contributed by atoms with van der Waals surface area (Å²) in [7, 11) is -3.68. The molecule has 2 amide bonds. The second-order valence-corrected chi connectivity index (χ2v) is 8.61.